The van der Waals surface area contributed by atoms with Crippen LogP contribution in [0.1, 0.15) is 56.4 Å². The van der Waals surface area contributed by atoms with Crippen molar-refractivity contribution in [2.24, 2.45) is 5.92 Å². The van der Waals surface area contributed by atoms with Crippen molar-refractivity contribution in [3.05, 3.63) is 36.0 Å². The van der Waals surface area contributed by atoms with Crippen LogP contribution < -0.4 is 10.0 Å². The number of carbonyl (C=O) groups is 2. The molecule has 9 nitrogen and oxygen atoms in total. The Morgan fingerprint density at radius 1 is 1.17 bits per heavy atom. The number of fused-ring (bicyclic) bond motifs is 1. The maximum Gasteiger partial charge on any atom is 0.292 e. The van der Waals surface area contributed by atoms with Crippen LogP contribution in [0.25, 0.3) is 10.9 Å². The SMILES string of the molecule is CCS(=O)(=O)NC[C@H](O)CC1CCN(CCNC(=O)C(=O)c2cn(C(C)C)c3ccccc23)CC1. The molecule has 0 radical (unpaired) electrons. The minimum Gasteiger partial charge on any atom is -0.392 e. The lowest BCUT2D eigenvalue weighted by Crippen LogP contribution is -2.42. The van der Waals surface area contributed by atoms with Crippen molar-refractivity contribution in [1.82, 2.24) is 19.5 Å². The Kier molecular flexibility index (Phi) is 9.46. The van der Waals surface area contributed by atoms with Gasteiger partial charge in [-0.1, -0.05) is 18.2 Å². The van der Waals surface area contributed by atoms with E-state index in [1.807, 2.05) is 42.7 Å². The van der Waals surface area contributed by atoms with E-state index in [9.17, 15) is 23.1 Å². The molecule has 35 heavy (non-hydrogen) atoms. The van der Waals surface area contributed by atoms with Gasteiger partial charge in [-0.3, -0.25) is 9.59 Å². The van der Waals surface area contributed by atoms with Crippen molar-refractivity contribution < 1.29 is 23.1 Å². The maximum absolute atomic E-state index is 12.9. The molecule has 2 heterocycles. The van der Waals surface area contributed by atoms with E-state index in [4.69, 9.17) is 0 Å². The topological polar surface area (TPSA) is 121 Å². The van der Waals surface area contributed by atoms with Gasteiger partial charge in [0.15, 0.2) is 0 Å². The fourth-order valence-corrected chi connectivity index (χ4v) is 5.23. The van der Waals surface area contributed by atoms with E-state index in [1.165, 1.54) is 0 Å². The molecule has 1 fully saturated rings. The third kappa shape index (κ3) is 7.36. The summed E-state index contributed by atoms with van der Waals surface area (Å²) >= 11 is 0. The van der Waals surface area contributed by atoms with Crippen LogP contribution in [0.3, 0.4) is 0 Å². The van der Waals surface area contributed by atoms with Crippen LogP contribution in [0, 0.1) is 5.92 Å². The van der Waals surface area contributed by atoms with Gasteiger partial charge in [0, 0.05) is 42.8 Å². The number of benzene rings is 1. The number of hydrogen-bond donors (Lipinski definition) is 3. The first-order valence-corrected chi connectivity index (χ1v) is 14.1. The molecule has 194 valence electrons. The van der Waals surface area contributed by atoms with Crippen LogP contribution >= 0.6 is 0 Å². The highest BCUT2D eigenvalue weighted by Crippen LogP contribution is 2.25. The number of nitrogens with one attached hydrogen (secondary N) is 2. The number of piperidine rings is 1. The molecule has 2 aromatic rings. The lowest BCUT2D eigenvalue weighted by molar-refractivity contribution is -0.117. The third-order valence-corrected chi connectivity index (χ3v) is 8.06. The average Bonchev–Trinajstić information content (AvgIpc) is 3.23. The summed E-state index contributed by atoms with van der Waals surface area (Å²) in [6.45, 7) is 8.41. The Morgan fingerprint density at radius 3 is 2.51 bits per heavy atom. The van der Waals surface area contributed by atoms with Gasteiger partial charge in [0.2, 0.25) is 10.0 Å². The number of hydrogen-bond acceptors (Lipinski definition) is 6. The fourth-order valence-electron chi connectivity index (χ4n) is 4.58. The van der Waals surface area contributed by atoms with Crippen molar-refractivity contribution in [2.45, 2.75) is 52.2 Å². The van der Waals surface area contributed by atoms with Gasteiger partial charge in [-0.15, -0.1) is 0 Å². The number of aliphatic hydroxyl groups is 1. The molecule has 1 atom stereocenters. The second kappa shape index (κ2) is 12.1. The van der Waals surface area contributed by atoms with Gasteiger partial charge in [-0.25, -0.2) is 13.1 Å². The molecule has 3 N–H and O–H groups in total. The van der Waals surface area contributed by atoms with Crippen molar-refractivity contribution in [1.29, 1.82) is 0 Å². The molecular weight excluding hydrogens is 468 g/mol. The van der Waals surface area contributed by atoms with Crippen molar-refractivity contribution in [2.75, 3.05) is 38.5 Å². The Morgan fingerprint density at radius 2 is 1.86 bits per heavy atom. The zero-order valence-electron chi connectivity index (χ0n) is 20.9. The Hall–Kier alpha value is -2.27. The number of sulfonamides is 1. The first-order chi connectivity index (χ1) is 16.6. The summed E-state index contributed by atoms with van der Waals surface area (Å²) in [7, 11) is -3.30. The number of Topliss-reactive ketones (excluding diaryl/α,β-unsaturated/α-hetero) is 1. The van der Waals surface area contributed by atoms with E-state index in [2.05, 4.69) is 14.9 Å². The Labute approximate surface area is 207 Å². The molecule has 0 saturated carbocycles. The van der Waals surface area contributed by atoms with Crippen LogP contribution in [-0.2, 0) is 14.8 Å². The molecule has 1 aromatic carbocycles. The number of aromatic nitrogens is 1. The molecule has 1 amide bonds. The lowest BCUT2D eigenvalue weighted by Gasteiger charge is -2.32. The molecule has 1 aliphatic heterocycles. The predicted molar refractivity (Wildman–Crippen MR) is 137 cm³/mol. The summed E-state index contributed by atoms with van der Waals surface area (Å²) < 4.78 is 27.5. The van der Waals surface area contributed by atoms with Crippen molar-refractivity contribution in [3.8, 4) is 0 Å². The quantitative estimate of drug-likeness (QED) is 0.299. The predicted octanol–water partition coefficient (Wildman–Crippen LogP) is 1.92. The molecule has 0 spiro atoms. The normalized spacial score (nSPS) is 16.6. The zero-order valence-corrected chi connectivity index (χ0v) is 21.7. The summed E-state index contributed by atoms with van der Waals surface area (Å²) in [6, 6.07) is 7.79. The third-order valence-electron chi connectivity index (χ3n) is 6.69. The largest absolute Gasteiger partial charge is 0.392 e. The first-order valence-electron chi connectivity index (χ1n) is 12.4. The summed E-state index contributed by atoms with van der Waals surface area (Å²) in [5, 5.41) is 13.7. The monoisotopic (exact) mass is 506 g/mol. The number of ketones is 1. The second-order valence-electron chi connectivity index (χ2n) is 9.57. The second-order valence-corrected chi connectivity index (χ2v) is 11.7. The van der Waals surface area contributed by atoms with E-state index < -0.39 is 27.8 Å². The summed E-state index contributed by atoms with van der Waals surface area (Å²) in [5.41, 5.74) is 1.36. The number of aliphatic hydroxyl groups excluding tert-OH is 1. The fraction of sp³-hybridized carbons (Fsp3) is 0.600. The van der Waals surface area contributed by atoms with Crippen LogP contribution in [0.15, 0.2) is 30.5 Å². The van der Waals surface area contributed by atoms with E-state index in [0.29, 0.717) is 31.0 Å². The number of likely N-dealkylation sites (tertiary alicyclic amines) is 1. The van der Waals surface area contributed by atoms with Gasteiger partial charge in [-0.05, 0) is 65.1 Å². The molecule has 0 unspecified atom stereocenters. The molecule has 0 aliphatic carbocycles. The lowest BCUT2D eigenvalue weighted by atomic mass is 9.91. The molecule has 0 bridgehead atoms. The highest BCUT2D eigenvalue weighted by molar-refractivity contribution is 7.89. The molecule has 1 aromatic heterocycles. The smallest absolute Gasteiger partial charge is 0.292 e. The van der Waals surface area contributed by atoms with Gasteiger partial charge in [0.05, 0.1) is 17.4 Å². The number of carbonyl (C=O) groups excluding carboxylic acids is 2. The van der Waals surface area contributed by atoms with Gasteiger partial charge >= 0.3 is 0 Å². The standard InChI is InChI=1S/C25H38N4O5S/c1-4-35(33,34)27-16-20(30)15-19-9-12-28(13-10-19)14-11-26-25(32)24(31)22-17-29(18(2)3)23-8-6-5-7-21(22)23/h5-8,17-20,27,30H,4,9-16H2,1-3H3,(H,26,32)/t20-/m1/s1. The maximum atomic E-state index is 12.9. The van der Waals surface area contributed by atoms with Crippen LogP contribution in [0.2, 0.25) is 0 Å². The number of nitrogens with zero attached hydrogens (tertiary/aromatic N) is 2. The molecule has 10 heteroatoms. The van der Waals surface area contributed by atoms with E-state index in [1.54, 1.807) is 13.1 Å². The summed E-state index contributed by atoms with van der Waals surface area (Å²) in [5.74, 6) is -0.778. The minimum atomic E-state index is -3.30. The van der Waals surface area contributed by atoms with E-state index in [0.717, 1.165) is 36.8 Å². The average molecular weight is 507 g/mol. The van der Waals surface area contributed by atoms with Crippen molar-refractivity contribution in [3.63, 3.8) is 0 Å². The number of amides is 1. The Bertz CT molecular complexity index is 1120. The number of para-hydroxylation sites is 1. The van der Waals surface area contributed by atoms with E-state index in [-0.39, 0.29) is 18.3 Å². The van der Waals surface area contributed by atoms with Crippen LogP contribution in [-0.4, -0.2) is 79.3 Å². The van der Waals surface area contributed by atoms with Gasteiger partial charge < -0.3 is 19.9 Å². The molecule has 1 saturated heterocycles. The molecule has 3 rings (SSSR count). The highest BCUT2D eigenvalue weighted by Gasteiger charge is 2.24. The van der Waals surface area contributed by atoms with Gasteiger partial charge in [0.25, 0.3) is 11.7 Å². The zero-order chi connectivity index (χ0) is 25.6. The van der Waals surface area contributed by atoms with Gasteiger partial charge in [-0.2, -0.15) is 0 Å². The van der Waals surface area contributed by atoms with Crippen molar-refractivity contribution >= 4 is 32.6 Å². The minimum absolute atomic E-state index is 0.00151. The van der Waals surface area contributed by atoms with Gasteiger partial charge in [0.1, 0.15) is 0 Å². The van der Waals surface area contributed by atoms with Crippen LogP contribution in [0.5, 0.6) is 0 Å². The Balaban J connectivity index is 1.42. The highest BCUT2D eigenvalue weighted by atomic mass is 32.2. The molecular formula is C25H38N4O5S. The first kappa shape index (κ1) is 27.3. The van der Waals surface area contributed by atoms with E-state index >= 15 is 0 Å². The van der Waals surface area contributed by atoms with Crippen LogP contribution in [0.4, 0.5) is 0 Å². The molecule has 1 aliphatic rings. The summed E-state index contributed by atoms with van der Waals surface area (Å²) in [6.07, 6.45) is 3.44. The number of rotatable bonds is 12. The summed E-state index contributed by atoms with van der Waals surface area (Å²) in [4.78, 5) is 27.7.